The van der Waals surface area contributed by atoms with Crippen molar-refractivity contribution < 1.29 is 9.53 Å². The molecular weight excluding hydrogens is 334 g/mol. The molecule has 0 spiro atoms. The average Bonchev–Trinajstić information content (AvgIpc) is 3.03. The Hall–Kier alpha value is -2.10. The minimum atomic E-state index is -0.331. The van der Waals surface area contributed by atoms with Gasteiger partial charge >= 0.3 is 5.97 Å². The van der Waals surface area contributed by atoms with Gasteiger partial charge in [0.05, 0.1) is 7.11 Å². The van der Waals surface area contributed by atoms with Crippen LogP contribution < -0.4 is 5.32 Å². The molecular formula is C21H22ClNO2. The van der Waals surface area contributed by atoms with E-state index >= 15 is 0 Å². The monoisotopic (exact) mass is 355 g/mol. The van der Waals surface area contributed by atoms with E-state index in [2.05, 4.69) is 40.4 Å². The zero-order chi connectivity index (χ0) is 17.6. The van der Waals surface area contributed by atoms with Crippen molar-refractivity contribution in [2.45, 2.75) is 25.3 Å². The van der Waals surface area contributed by atoms with E-state index in [-0.39, 0.29) is 5.97 Å². The molecule has 4 heteroatoms. The Morgan fingerprint density at radius 3 is 2.84 bits per heavy atom. The summed E-state index contributed by atoms with van der Waals surface area (Å²) in [6.45, 7) is 0.940. The zero-order valence-corrected chi connectivity index (χ0v) is 15.1. The fourth-order valence-corrected chi connectivity index (χ4v) is 3.35. The van der Waals surface area contributed by atoms with E-state index < -0.39 is 0 Å². The number of carbonyl (C=O) groups is 1. The van der Waals surface area contributed by atoms with Gasteiger partial charge in [-0.15, -0.1) is 0 Å². The number of carbonyl (C=O) groups excluding carboxylic acids is 1. The van der Waals surface area contributed by atoms with E-state index in [1.54, 1.807) is 6.08 Å². The first kappa shape index (κ1) is 17.7. The highest BCUT2D eigenvalue weighted by Crippen LogP contribution is 2.32. The standard InChI is InChI=1S/C21H22ClNO2/c1-25-21(24)11-5-16-4-9-19-17(14-16)6-10-20(19)23-13-12-15-2-7-18(22)8-3-15/h2-5,7-9,11,14,20,23H,6,10,12-13H2,1H3. The molecule has 1 aliphatic rings. The van der Waals surface area contributed by atoms with Crippen LogP contribution in [0.4, 0.5) is 0 Å². The summed E-state index contributed by atoms with van der Waals surface area (Å²) in [4.78, 5) is 11.2. The maximum Gasteiger partial charge on any atom is 0.330 e. The SMILES string of the molecule is COC(=O)C=Cc1ccc2c(c1)CCC2NCCc1ccc(Cl)cc1. The lowest BCUT2D eigenvalue weighted by molar-refractivity contribution is -0.134. The third-order valence-corrected chi connectivity index (χ3v) is 4.83. The summed E-state index contributed by atoms with van der Waals surface area (Å²) in [5.41, 5.74) is 5.05. The fourth-order valence-electron chi connectivity index (χ4n) is 3.23. The molecule has 2 aromatic rings. The van der Waals surface area contributed by atoms with Crippen LogP contribution in [0.1, 0.15) is 34.7 Å². The summed E-state index contributed by atoms with van der Waals surface area (Å²) >= 11 is 5.92. The van der Waals surface area contributed by atoms with Gasteiger partial charge in [0.1, 0.15) is 0 Å². The first-order valence-corrected chi connectivity index (χ1v) is 8.90. The zero-order valence-electron chi connectivity index (χ0n) is 14.3. The lowest BCUT2D eigenvalue weighted by Crippen LogP contribution is -2.21. The Morgan fingerprint density at radius 2 is 2.08 bits per heavy atom. The Morgan fingerprint density at radius 1 is 1.28 bits per heavy atom. The Bertz CT molecular complexity index is 768. The molecule has 1 aliphatic carbocycles. The number of aryl methyl sites for hydroxylation is 1. The summed E-state index contributed by atoms with van der Waals surface area (Å²) in [6, 6.07) is 14.8. The maximum atomic E-state index is 11.2. The van der Waals surface area contributed by atoms with Crippen LogP contribution in [-0.2, 0) is 22.4 Å². The molecule has 0 heterocycles. The Balaban J connectivity index is 1.57. The second-order valence-electron chi connectivity index (χ2n) is 6.24. The number of methoxy groups -OCH3 is 1. The number of hydrogen-bond donors (Lipinski definition) is 1. The van der Waals surface area contributed by atoms with Gasteiger partial charge in [0, 0.05) is 17.1 Å². The van der Waals surface area contributed by atoms with E-state index in [4.69, 9.17) is 11.6 Å². The number of esters is 1. The van der Waals surface area contributed by atoms with Gasteiger partial charge in [-0.25, -0.2) is 4.79 Å². The normalized spacial score (nSPS) is 16.2. The van der Waals surface area contributed by atoms with Crippen LogP contribution in [-0.4, -0.2) is 19.6 Å². The molecule has 0 saturated heterocycles. The van der Waals surface area contributed by atoms with Crippen molar-refractivity contribution in [3.63, 3.8) is 0 Å². The van der Waals surface area contributed by atoms with Crippen molar-refractivity contribution in [1.29, 1.82) is 0 Å². The molecule has 0 aromatic heterocycles. The minimum Gasteiger partial charge on any atom is -0.466 e. The minimum absolute atomic E-state index is 0.331. The van der Waals surface area contributed by atoms with E-state index in [1.807, 2.05) is 12.1 Å². The first-order valence-electron chi connectivity index (χ1n) is 8.52. The number of fused-ring (bicyclic) bond motifs is 1. The molecule has 0 aliphatic heterocycles. The summed E-state index contributed by atoms with van der Waals surface area (Å²) in [5, 5.41) is 4.43. The van der Waals surface area contributed by atoms with Gasteiger partial charge in [-0.3, -0.25) is 0 Å². The average molecular weight is 356 g/mol. The second-order valence-corrected chi connectivity index (χ2v) is 6.67. The van der Waals surface area contributed by atoms with Crippen LogP contribution in [0.15, 0.2) is 48.5 Å². The van der Waals surface area contributed by atoms with Crippen molar-refractivity contribution in [2.24, 2.45) is 0 Å². The number of halogens is 1. The van der Waals surface area contributed by atoms with Gasteiger partial charge in [0.25, 0.3) is 0 Å². The number of rotatable bonds is 6. The van der Waals surface area contributed by atoms with Crippen molar-refractivity contribution in [1.82, 2.24) is 5.32 Å². The van der Waals surface area contributed by atoms with Gasteiger partial charge in [0.15, 0.2) is 0 Å². The van der Waals surface area contributed by atoms with Crippen molar-refractivity contribution in [3.8, 4) is 0 Å². The van der Waals surface area contributed by atoms with Gasteiger partial charge < -0.3 is 10.1 Å². The molecule has 1 unspecified atom stereocenters. The fraction of sp³-hybridized carbons (Fsp3) is 0.286. The van der Waals surface area contributed by atoms with E-state index in [1.165, 1.54) is 29.9 Å². The van der Waals surface area contributed by atoms with Crippen molar-refractivity contribution in [2.75, 3.05) is 13.7 Å². The van der Waals surface area contributed by atoms with E-state index in [0.29, 0.717) is 6.04 Å². The number of nitrogens with one attached hydrogen (secondary N) is 1. The molecule has 1 atom stereocenters. The van der Waals surface area contributed by atoms with Gasteiger partial charge in [-0.1, -0.05) is 41.9 Å². The lowest BCUT2D eigenvalue weighted by Gasteiger charge is -2.14. The lowest BCUT2D eigenvalue weighted by atomic mass is 10.0. The van der Waals surface area contributed by atoms with Crippen LogP contribution in [0.5, 0.6) is 0 Å². The Kier molecular flexibility index (Phi) is 5.90. The number of benzene rings is 2. The van der Waals surface area contributed by atoms with Gasteiger partial charge in [-0.2, -0.15) is 0 Å². The Labute approximate surface area is 153 Å². The number of ether oxygens (including phenoxy) is 1. The highest BCUT2D eigenvalue weighted by molar-refractivity contribution is 6.30. The predicted octanol–water partition coefficient (Wildman–Crippen LogP) is 4.35. The largest absolute Gasteiger partial charge is 0.466 e. The summed E-state index contributed by atoms with van der Waals surface area (Å²) in [5.74, 6) is -0.331. The molecule has 0 amide bonds. The van der Waals surface area contributed by atoms with Crippen LogP contribution in [0.25, 0.3) is 6.08 Å². The maximum absolute atomic E-state index is 11.2. The highest BCUT2D eigenvalue weighted by atomic mass is 35.5. The molecule has 3 nitrogen and oxygen atoms in total. The molecule has 1 N–H and O–H groups in total. The second kappa shape index (κ2) is 8.32. The molecule has 0 bridgehead atoms. The summed E-state index contributed by atoms with van der Waals surface area (Å²) < 4.78 is 4.63. The van der Waals surface area contributed by atoms with Crippen LogP contribution >= 0.6 is 11.6 Å². The van der Waals surface area contributed by atoms with E-state index in [9.17, 15) is 4.79 Å². The summed E-state index contributed by atoms with van der Waals surface area (Å²) in [6.07, 6.45) is 6.42. The third-order valence-electron chi connectivity index (χ3n) is 4.58. The molecule has 0 saturated carbocycles. The smallest absolute Gasteiger partial charge is 0.330 e. The van der Waals surface area contributed by atoms with Crippen molar-refractivity contribution >= 4 is 23.6 Å². The van der Waals surface area contributed by atoms with Crippen LogP contribution in [0.3, 0.4) is 0 Å². The third kappa shape index (κ3) is 4.71. The molecule has 0 fully saturated rings. The number of hydrogen-bond acceptors (Lipinski definition) is 3. The van der Waals surface area contributed by atoms with E-state index in [0.717, 1.165) is 36.4 Å². The summed E-state index contributed by atoms with van der Waals surface area (Å²) in [7, 11) is 1.38. The van der Waals surface area contributed by atoms with Gasteiger partial charge in [0.2, 0.25) is 0 Å². The van der Waals surface area contributed by atoms with Crippen LogP contribution in [0.2, 0.25) is 5.02 Å². The van der Waals surface area contributed by atoms with Crippen molar-refractivity contribution in [3.05, 3.63) is 75.8 Å². The quantitative estimate of drug-likeness (QED) is 0.618. The molecule has 25 heavy (non-hydrogen) atoms. The van der Waals surface area contributed by atoms with Gasteiger partial charge in [-0.05, 0) is 66.3 Å². The molecule has 2 aromatic carbocycles. The molecule has 3 rings (SSSR count). The molecule has 130 valence electrons. The van der Waals surface area contributed by atoms with Crippen LogP contribution in [0, 0.1) is 0 Å². The topological polar surface area (TPSA) is 38.3 Å². The highest BCUT2D eigenvalue weighted by Gasteiger charge is 2.21. The molecule has 0 radical (unpaired) electrons. The first-order chi connectivity index (χ1) is 12.2. The predicted molar refractivity (Wildman–Crippen MR) is 102 cm³/mol.